The normalized spacial score (nSPS) is 10.5. The van der Waals surface area contributed by atoms with Crippen molar-refractivity contribution in [3.8, 4) is 23.3 Å². The Hall–Kier alpha value is -4.38. The second kappa shape index (κ2) is 7.32. The summed E-state index contributed by atoms with van der Waals surface area (Å²) in [4.78, 5) is 21.5. The van der Waals surface area contributed by atoms with Crippen LogP contribution in [-0.4, -0.2) is 26.8 Å². The van der Waals surface area contributed by atoms with Gasteiger partial charge in [-0.1, -0.05) is 30.3 Å². The summed E-state index contributed by atoms with van der Waals surface area (Å²) in [5.41, 5.74) is 0.299. The quantitative estimate of drug-likeness (QED) is 0.555. The number of benzene rings is 2. The minimum atomic E-state index is -0.661. The maximum absolute atomic E-state index is 12.9. The van der Waals surface area contributed by atoms with Crippen LogP contribution in [0, 0.1) is 11.3 Å². The molecule has 0 unspecified atom stereocenters. The van der Waals surface area contributed by atoms with Crippen molar-refractivity contribution in [2.24, 2.45) is 0 Å². The monoisotopic (exact) mass is 385 g/mol. The first-order valence-electron chi connectivity index (χ1n) is 8.64. The third-order valence-corrected chi connectivity index (χ3v) is 4.37. The summed E-state index contributed by atoms with van der Waals surface area (Å²) < 4.78 is 6.60. The van der Waals surface area contributed by atoms with Gasteiger partial charge in [0, 0.05) is 6.20 Å². The lowest BCUT2D eigenvalue weighted by molar-refractivity contribution is 0.417. The molecular formula is C21H15N5O3. The van der Waals surface area contributed by atoms with Gasteiger partial charge in [0.15, 0.2) is 17.0 Å². The van der Waals surface area contributed by atoms with Crippen molar-refractivity contribution in [3.63, 3.8) is 0 Å². The number of nitriles is 1. The molecule has 2 heterocycles. The Morgan fingerprint density at radius 3 is 2.59 bits per heavy atom. The molecule has 0 spiro atoms. The highest BCUT2D eigenvalue weighted by Crippen LogP contribution is 2.29. The number of hydrogen-bond acceptors (Lipinski definition) is 7. The Labute approximate surface area is 165 Å². The van der Waals surface area contributed by atoms with Crippen LogP contribution in [-0.2, 0) is 0 Å². The maximum Gasteiger partial charge on any atom is 0.278 e. The first kappa shape index (κ1) is 18.0. The lowest BCUT2D eigenvalue weighted by atomic mass is 10.2. The molecule has 0 bridgehead atoms. The molecule has 2 aromatic heterocycles. The highest BCUT2D eigenvalue weighted by molar-refractivity contribution is 5.86. The Balaban J connectivity index is 1.96. The van der Waals surface area contributed by atoms with Crippen LogP contribution in [0.2, 0.25) is 0 Å². The Bertz CT molecular complexity index is 1310. The lowest BCUT2D eigenvalue weighted by Gasteiger charge is -2.14. The molecule has 0 aliphatic heterocycles. The third-order valence-electron chi connectivity index (χ3n) is 4.37. The number of para-hydroxylation sites is 3. The fraction of sp³-hybridized carbons (Fsp3) is 0.0476. The number of aromatic hydroxyl groups is 1. The first-order valence-corrected chi connectivity index (χ1v) is 8.64. The van der Waals surface area contributed by atoms with Gasteiger partial charge >= 0.3 is 0 Å². The molecule has 2 aromatic carbocycles. The first-order chi connectivity index (χ1) is 14.1. The average molecular weight is 385 g/mol. The average Bonchev–Trinajstić information content (AvgIpc) is 2.75. The topological polar surface area (TPSA) is 113 Å². The predicted octanol–water partition coefficient (Wildman–Crippen LogP) is 3.11. The van der Waals surface area contributed by atoms with E-state index in [1.807, 2.05) is 18.2 Å². The number of nitrogens with zero attached hydrogens (tertiary/aromatic N) is 4. The second-order valence-corrected chi connectivity index (χ2v) is 6.07. The molecule has 0 fully saturated rings. The largest absolute Gasteiger partial charge is 0.506 e. The van der Waals surface area contributed by atoms with Crippen molar-refractivity contribution in [2.75, 3.05) is 12.4 Å². The molecule has 2 N–H and O–H groups in total. The molecule has 8 nitrogen and oxygen atoms in total. The minimum absolute atomic E-state index is 0.171. The molecule has 0 saturated carbocycles. The molecule has 8 heteroatoms. The SMILES string of the molecule is COc1ccccc1Nc1ncc2c(O)c(C#N)c(=O)n(-c3ccccc3)c2n1. The highest BCUT2D eigenvalue weighted by Gasteiger charge is 2.19. The second-order valence-electron chi connectivity index (χ2n) is 6.07. The number of anilines is 2. The molecule has 4 aromatic rings. The molecule has 0 saturated heterocycles. The van der Waals surface area contributed by atoms with Gasteiger partial charge < -0.3 is 15.2 Å². The van der Waals surface area contributed by atoms with E-state index in [4.69, 9.17) is 4.74 Å². The summed E-state index contributed by atoms with van der Waals surface area (Å²) in [7, 11) is 1.55. The van der Waals surface area contributed by atoms with Crippen LogP contribution in [0.15, 0.2) is 65.6 Å². The summed E-state index contributed by atoms with van der Waals surface area (Å²) in [6.07, 6.45) is 1.37. The van der Waals surface area contributed by atoms with Gasteiger partial charge in [0.25, 0.3) is 5.56 Å². The number of rotatable bonds is 4. The van der Waals surface area contributed by atoms with Gasteiger partial charge in [-0.15, -0.1) is 0 Å². The fourth-order valence-electron chi connectivity index (χ4n) is 3.00. The molecule has 0 aliphatic rings. The predicted molar refractivity (Wildman–Crippen MR) is 108 cm³/mol. The summed E-state index contributed by atoms with van der Waals surface area (Å²) in [6, 6.07) is 17.8. The molecular weight excluding hydrogens is 370 g/mol. The van der Waals surface area contributed by atoms with E-state index in [1.54, 1.807) is 49.6 Å². The highest BCUT2D eigenvalue weighted by atomic mass is 16.5. The Kier molecular flexibility index (Phi) is 4.55. The zero-order chi connectivity index (χ0) is 20.4. The van der Waals surface area contributed by atoms with Crippen LogP contribution >= 0.6 is 0 Å². The maximum atomic E-state index is 12.9. The Morgan fingerprint density at radius 1 is 1.14 bits per heavy atom. The number of nitrogens with one attached hydrogen (secondary N) is 1. The number of hydrogen-bond donors (Lipinski definition) is 2. The minimum Gasteiger partial charge on any atom is -0.506 e. The van der Waals surface area contributed by atoms with Gasteiger partial charge in [0.1, 0.15) is 11.8 Å². The van der Waals surface area contributed by atoms with E-state index in [0.717, 1.165) is 0 Å². The molecule has 0 amide bonds. The zero-order valence-electron chi connectivity index (χ0n) is 15.3. The zero-order valence-corrected chi connectivity index (χ0v) is 15.3. The lowest BCUT2D eigenvalue weighted by Crippen LogP contribution is -2.22. The van der Waals surface area contributed by atoms with Gasteiger partial charge in [-0.3, -0.25) is 9.36 Å². The van der Waals surface area contributed by atoms with E-state index in [0.29, 0.717) is 17.1 Å². The standard InChI is InChI=1S/C21H15N5O3/c1-29-17-10-6-5-9-16(17)24-21-23-12-15-18(27)14(11-22)20(28)26(19(15)25-21)13-7-3-2-4-8-13/h2-10,12,27H,1H3,(H,23,24,25). The summed E-state index contributed by atoms with van der Waals surface area (Å²) in [5, 5.41) is 23.0. The van der Waals surface area contributed by atoms with E-state index in [2.05, 4.69) is 15.3 Å². The van der Waals surface area contributed by atoms with Gasteiger partial charge in [-0.05, 0) is 24.3 Å². The van der Waals surface area contributed by atoms with Gasteiger partial charge in [0.05, 0.1) is 23.9 Å². The van der Waals surface area contributed by atoms with Crippen LogP contribution < -0.4 is 15.6 Å². The van der Waals surface area contributed by atoms with Gasteiger partial charge in [0.2, 0.25) is 5.95 Å². The van der Waals surface area contributed by atoms with Crippen molar-refractivity contribution in [2.45, 2.75) is 0 Å². The van der Waals surface area contributed by atoms with Gasteiger partial charge in [-0.2, -0.15) is 10.2 Å². The number of methoxy groups -OCH3 is 1. The van der Waals surface area contributed by atoms with Crippen LogP contribution in [0.4, 0.5) is 11.6 Å². The fourth-order valence-corrected chi connectivity index (χ4v) is 3.00. The van der Waals surface area contributed by atoms with Crippen LogP contribution in [0.1, 0.15) is 5.56 Å². The van der Waals surface area contributed by atoms with Crippen molar-refractivity contribution < 1.29 is 9.84 Å². The molecule has 4 rings (SSSR count). The molecule has 0 atom stereocenters. The van der Waals surface area contributed by atoms with E-state index < -0.39 is 11.3 Å². The van der Waals surface area contributed by atoms with Crippen molar-refractivity contribution in [1.29, 1.82) is 5.26 Å². The van der Waals surface area contributed by atoms with Crippen LogP contribution in [0.5, 0.6) is 11.5 Å². The molecule has 0 aliphatic carbocycles. The van der Waals surface area contributed by atoms with Crippen LogP contribution in [0.25, 0.3) is 16.7 Å². The van der Waals surface area contributed by atoms with Crippen LogP contribution in [0.3, 0.4) is 0 Å². The Morgan fingerprint density at radius 2 is 1.86 bits per heavy atom. The van der Waals surface area contributed by atoms with E-state index in [1.165, 1.54) is 10.8 Å². The number of aromatic nitrogens is 3. The third kappa shape index (κ3) is 3.11. The molecule has 29 heavy (non-hydrogen) atoms. The summed E-state index contributed by atoms with van der Waals surface area (Å²) in [6.45, 7) is 0. The smallest absolute Gasteiger partial charge is 0.278 e. The summed E-state index contributed by atoms with van der Waals surface area (Å²) in [5.74, 6) is 0.359. The van der Waals surface area contributed by atoms with E-state index >= 15 is 0 Å². The number of pyridine rings is 1. The van der Waals surface area contributed by atoms with E-state index in [-0.39, 0.29) is 22.5 Å². The van der Waals surface area contributed by atoms with Crippen molar-refractivity contribution >= 4 is 22.7 Å². The number of fused-ring (bicyclic) bond motifs is 1. The number of ether oxygens (including phenoxy) is 1. The molecule has 0 radical (unpaired) electrons. The summed E-state index contributed by atoms with van der Waals surface area (Å²) >= 11 is 0. The van der Waals surface area contributed by atoms with Gasteiger partial charge in [-0.25, -0.2) is 4.98 Å². The van der Waals surface area contributed by atoms with E-state index in [9.17, 15) is 15.2 Å². The molecule has 142 valence electrons. The van der Waals surface area contributed by atoms with Crippen molar-refractivity contribution in [1.82, 2.24) is 14.5 Å². The van der Waals surface area contributed by atoms with Crippen molar-refractivity contribution in [3.05, 3.63) is 76.7 Å².